The summed E-state index contributed by atoms with van der Waals surface area (Å²) in [6, 6.07) is 13.2. The van der Waals surface area contributed by atoms with Gasteiger partial charge in [0.1, 0.15) is 0 Å². The maximum atomic E-state index is 13.0. The summed E-state index contributed by atoms with van der Waals surface area (Å²) in [5.74, 6) is 0.431. The van der Waals surface area contributed by atoms with E-state index >= 15 is 0 Å². The number of nitrogens with zero attached hydrogens (tertiary/aromatic N) is 3. The zero-order valence-corrected chi connectivity index (χ0v) is 16.2. The first-order valence-electron chi connectivity index (χ1n) is 8.67. The summed E-state index contributed by atoms with van der Waals surface area (Å²) >= 11 is 1.60. The van der Waals surface area contributed by atoms with Gasteiger partial charge in [-0.15, -0.1) is 11.3 Å². The van der Waals surface area contributed by atoms with Gasteiger partial charge >= 0.3 is 0 Å². The Labute approximate surface area is 162 Å². The molecule has 0 unspecified atom stereocenters. The van der Waals surface area contributed by atoms with Crippen LogP contribution in [0.1, 0.15) is 20.9 Å². The topological polar surface area (TPSA) is 78.4 Å². The number of aliphatic hydroxyl groups is 1. The summed E-state index contributed by atoms with van der Waals surface area (Å²) in [5.41, 5.74) is 3.02. The molecule has 7 heteroatoms. The molecule has 0 atom stereocenters. The monoisotopic (exact) mass is 382 g/mol. The normalized spacial score (nSPS) is 10.6. The smallest absolute Gasteiger partial charge is 0.254 e. The highest BCUT2D eigenvalue weighted by Crippen LogP contribution is 2.22. The summed E-state index contributed by atoms with van der Waals surface area (Å²) < 4.78 is 0. The molecule has 0 aliphatic heterocycles. The minimum Gasteiger partial charge on any atom is -0.395 e. The maximum absolute atomic E-state index is 13.0. The van der Waals surface area contributed by atoms with Crippen LogP contribution in [-0.4, -0.2) is 46.1 Å². The van der Waals surface area contributed by atoms with Gasteiger partial charge in [-0.25, -0.2) is 9.97 Å². The van der Waals surface area contributed by atoms with Crippen molar-refractivity contribution in [3.8, 4) is 11.3 Å². The Hall–Kier alpha value is -2.77. The fraction of sp³-hybridized carbons (Fsp3) is 0.250. The van der Waals surface area contributed by atoms with Crippen molar-refractivity contribution in [3.63, 3.8) is 0 Å². The number of nitrogens with one attached hydrogen (secondary N) is 1. The minimum absolute atomic E-state index is 0.0760. The number of rotatable bonds is 7. The molecule has 140 valence electrons. The fourth-order valence-corrected chi connectivity index (χ4v) is 3.51. The van der Waals surface area contributed by atoms with E-state index in [-0.39, 0.29) is 19.1 Å². The molecule has 27 heavy (non-hydrogen) atoms. The third-order valence-electron chi connectivity index (χ3n) is 4.07. The Bertz CT molecular complexity index is 912. The van der Waals surface area contributed by atoms with E-state index in [2.05, 4.69) is 15.3 Å². The molecule has 0 saturated carbocycles. The number of thiophene rings is 1. The molecule has 3 rings (SSSR count). The Morgan fingerprint density at radius 2 is 2.07 bits per heavy atom. The van der Waals surface area contributed by atoms with Gasteiger partial charge in [-0.05, 0) is 36.6 Å². The number of aliphatic hydroxyl groups excluding tert-OH is 1. The number of carbonyl (C=O) groups excluding carboxylic acids is 1. The average Bonchev–Trinajstić information content (AvgIpc) is 3.20. The number of amides is 1. The lowest BCUT2D eigenvalue weighted by Gasteiger charge is -2.21. The predicted octanol–water partition coefficient (Wildman–Crippen LogP) is 3.19. The van der Waals surface area contributed by atoms with Crippen molar-refractivity contribution >= 4 is 23.2 Å². The third-order valence-corrected chi connectivity index (χ3v) is 4.93. The number of hydrogen-bond acceptors (Lipinski definition) is 6. The largest absolute Gasteiger partial charge is 0.395 e. The molecule has 2 N–H and O–H groups in total. The average molecular weight is 382 g/mol. The highest BCUT2D eigenvalue weighted by Gasteiger charge is 2.17. The van der Waals surface area contributed by atoms with Gasteiger partial charge in [0.2, 0.25) is 5.95 Å². The number of aromatic nitrogens is 2. The maximum Gasteiger partial charge on any atom is 0.254 e. The van der Waals surface area contributed by atoms with Crippen LogP contribution in [0.25, 0.3) is 11.3 Å². The lowest BCUT2D eigenvalue weighted by molar-refractivity contribution is 0.0710. The SMILES string of the molecule is CNc1nc(C)cc(-c2cccc(C(=O)N(CCO)Cc3cccs3)c2)n1. The minimum atomic E-state index is -0.112. The Morgan fingerprint density at radius 3 is 2.78 bits per heavy atom. The van der Waals surface area contributed by atoms with E-state index in [9.17, 15) is 9.90 Å². The predicted molar refractivity (Wildman–Crippen MR) is 108 cm³/mol. The molecule has 0 fully saturated rings. The Kier molecular flexibility index (Phi) is 6.16. The van der Waals surface area contributed by atoms with Crippen LogP contribution in [-0.2, 0) is 6.54 Å². The molecule has 6 nitrogen and oxygen atoms in total. The fourth-order valence-electron chi connectivity index (χ4n) is 2.79. The Morgan fingerprint density at radius 1 is 1.22 bits per heavy atom. The molecule has 0 saturated heterocycles. The van der Waals surface area contributed by atoms with Crippen LogP contribution in [0.5, 0.6) is 0 Å². The summed E-state index contributed by atoms with van der Waals surface area (Å²) in [6.45, 7) is 2.60. The van der Waals surface area contributed by atoms with Gasteiger partial charge in [0.15, 0.2) is 0 Å². The molecular formula is C20H22N4O2S. The molecule has 0 bridgehead atoms. The van der Waals surface area contributed by atoms with E-state index in [4.69, 9.17) is 0 Å². The second-order valence-electron chi connectivity index (χ2n) is 6.08. The molecule has 0 aliphatic carbocycles. The second kappa shape index (κ2) is 8.75. The van der Waals surface area contributed by atoms with Gasteiger partial charge in [0.25, 0.3) is 5.91 Å². The Balaban J connectivity index is 1.89. The van der Waals surface area contributed by atoms with Crippen molar-refractivity contribution in [3.05, 3.63) is 64.0 Å². The summed E-state index contributed by atoms with van der Waals surface area (Å²) in [5, 5.41) is 14.3. The molecule has 0 radical (unpaired) electrons. The number of anilines is 1. The number of hydrogen-bond donors (Lipinski definition) is 2. The lowest BCUT2D eigenvalue weighted by atomic mass is 10.1. The van der Waals surface area contributed by atoms with Crippen LogP contribution in [0, 0.1) is 6.92 Å². The molecule has 2 aromatic heterocycles. The number of benzene rings is 1. The van der Waals surface area contributed by atoms with Crippen LogP contribution in [0.15, 0.2) is 47.8 Å². The first kappa shape index (κ1) is 19.0. The zero-order valence-electron chi connectivity index (χ0n) is 15.3. The molecule has 3 aromatic rings. The second-order valence-corrected chi connectivity index (χ2v) is 7.11. The van der Waals surface area contributed by atoms with Crippen molar-refractivity contribution < 1.29 is 9.90 Å². The van der Waals surface area contributed by atoms with Crippen LogP contribution >= 0.6 is 11.3 Å². The molecule has 0 aliphatic rings. The van der Waals surface area contributed by atoms with E-state index < -0.39 is 0 Å². The van der Waals surface area contributed by atoms with Gasteiger partial charge in [-0.2, -0.15) is 0 Å². The van der Waals surface area contributed by atoms with Crippen molar-refractivity contribution in [1.29, 1.82) is 0 Å². The third kappa shape index (κ3) is 4.69. The first-order chi connectivity index (χ1) is 13.1. The van der Waals surface area contributed by atoms with Gasteiger partial charge in [0, 0.05) is 35.3 Å². The molecule has 0 spiro atoms. The highest BCUT2D eigenvalue weighted by molar-refractivity contribution is 7.09. The number of aryl methyl sites for hydroxylation is 1. The van der Waals surface area contributed by atoms with Crippen LogP contribution in [0.2, 0.25) is 0 Å². The quantitative estimate of drug-likeness (QED) is 0.656. The van der Waals surface area contributed by atoms with Crippen LogP contribution < -0.4 is 5.32 Å². The van der Waals surface area contributed by atoms with Crippen LogP contribution in [0.4, 0.5) is 5.95 Å². The molecule has 1 aromatic carbocycles. The van der Waals surface area contributed by atoms with E-state index in [0.29, 0.717) is 18.1 Å². The number of carbonyl (C=O) groups is 1. The standard InChI is InChI=1S/C20H22N4O2S/c1-14-11-18(23-20(21-2)22-14)15-5-3-6-16(12-15)19(26)24(8-9-25)13-17-7-4-10-27-17/h3-7,10-12,25H,8-9,13H2,1-2H3,(H,21,22,23). The lowest BCUT2D eigenvalue weighted by Crippen LogP contribution is -2.32. The van der Waals surface area contributed by atoms with E-state index in [1.54, 1.807) is 29.4 Å². The van der Waals surface area contributed by atoms with Gasteiger partial charge in [-0.1, -0.05) is 18.2 Å². The summed E-state index contributed by atoms with van der Waals surface area (Å²) in [7, 11) is 1.77. The van der Waals surface area contributed by atoms with Gasteiger partial charge in [-0.3, -0.25) is 4.79 Å². The summed E-state index contributed by atoms with van der Waals surface area (Å²) in [6.07, 6.45) is 0. The zero-order chi connectivity index (χ0) is 19.2. The van der Waals surface area contributed by atoms with E-state index in [0.717, 1.165) is 21.8 Å². The first-order valence-corrected chi connectivity index (χ1v) is 9.55. The van der Waals surface area contributed by atoms with Crippen molar-refractivity contribution in [2.24, 2.45) is 0 Å². The van der Waals surface area contributed by atoms with Gasteiger partial charge in [0.05, 0.1) is 18.8 Å². The molecular weight excluding hydrogens is 360 g/mol. The summed E-state index contributed by atoms with van der Waals surface area (Å²) in [4.78, 5) is 24.5. The van der Waals surface area contributed by atoms with Crippen molar-refractivity contribution in [1.82, 2.24) is 14.9 Å². The van der Waals surface area contributed by atoms with Crippen LogP contribution in [0.3, 0.4) is 0 Å². The van der Waals surface area contributed by atoms with E-state index in [1.807, 2.05) is 48.7 Å². The van der Waals surface area contributed by atoms with Crippen molar-refractivity contribution in [2.45, 2.75) is 13.5 Å². The van der Waals surface area contributed by atoms with E-state index in [1.165, 1.54) is 0 Å². The van der Waals surface area contributed by atoms with Crippen molar-refractivity contribution in [2.75, 3.05) is 25.5 Å². The van der Waals surface area contributed by atoms with Gasteiger partial charge < -0.3 is 15.3 Å². The molecule has 2 heterocycles. The highest BCUT2D eigenvalue weighted by atomic mass is 32.1. The molecule has 1 amide bonds.